The summed E-state index contributed by atoms with van der Waals surface area (Å²) in [7, 11) is 1.40. The first-order valence-corrected chi connectivity index (χ1v) is 6.05. The van der Waals surface area contributed by atoms with Crippen LogP contribution in [0.1, 0.15) is 25.7 Å². The average molecular weight is 253 g/mol. The van der Waals surface area contributed by atoms with Gasteiger partial charge in [-0.3, -0.25) is 4.79 Å². The lowest BCUT2D eigenvalue weighted by Crippen LogP contribution is -2.28. The molecule has 4 nitrogen and oxygen atoms in total. The molecule has 1 aromatic heterocycles. The smallest absolute Gasteiger partial charge is 0.308 e. The highest BCUT2D eigenvalue weighted by atomic mass is 19.1. The van der Waals surface area contributed by atoms with Gasteiger partial charge in [-0.2, -0.15) is 4.39 Å². The summed E-state index contributed by atoms with van der Waals surface area (Å²) in [6, 6.07) is 3.20. The molecule has 1 fully saturated rings. The van der Waals surface area contributed by atoms with Gasteiger partial charge in [0.05, 0.1) is 19.1 Å². The lowest BCUT2D eigenvalue weighted by molar-refractivity contribution is -0.147. The van der Waals surface area contributed by atoms with Crippen molar-refractivity contribution in [3.05, 3.63) is 24.3 Å². The Balaban J connectivity index is 1.87. The number of nitrogens with zero attached hydrogens (tertiary/aromatic N) is 1. The number of rotatable bonds is 3. The topological polar surface area (TPSA) is 48.4 Å². The first-order chi connectivity index (χ1) is 8.70. The van der Waals surface area contributed by atoms with E-state index in [0.717, 1.165) is 25.7 Å². The zero-order valence-corrected chi connectivity index (χ0v) is 10.3. The molecule has 1 aromatic rings. The van der Waals surface area contributed by atoms with Gasteiger partial charge in [0, 0.05) is 6.20 Å². The highest BCUT2D eigenvalue weighted by Gasteiger charge is 2.28. The van der Waals surface area contributed by atoms with E-state index >= 15 is 0 Å². The fraction of sp³-hybridized carbons (Fsp3) is 0.538. The molecule has 1 aliphatic rings. The minimum absolute atomic E-state index is 0.0476. The van der Waals surface area contributed by atoms with Gasteiger partial charge in [0.2, 0.25) is 0 Å². The number of esters is 1. The second-order valence-corrected chi connectivity index (χ2v) is 4.41. The standard InChI is InChI=1S/C13H16FNO3/c1-17-13(16)9-4-6-10(7-5-9)18-11-3-2-8-15-12(11)14/h2-3,8-10H,4-7H2,1H3/t9-,10-. The fourth-order valence-electron chi connectivity index (χ4n) is 2.22. The van der Waals surface area contributed by atoms with Crippen LogP contribution in [0.3, 0.4) is 0 Å². The monoisotopic (exact) mass is 253 g/mol. The minimum atomic E-state index is -0.590. The Bertz CT molecular complexity index is 416. The molecule has 0 N–H and O–H groups in total. The lowest BCUT2D eigenvalue weighted by atomic mass is 9.87. The molecule has 0 aromatic carbocycles. The molecule has 0 spiro atoms. The largest absolute Gasteiger partial charge is 0.486 e. The van der Waals surface area contributed by atoms with Crippen LogP contribution in [0.15, 0.2) is 18.3 Å². The Morgan fingerprint density at radius 2 is 2.11 bits per heavy atom. The maximum absolute atomic E-state index is 13.3. The molecule has 0 aliphatic heterocycles. The minimum Gasteiger partial charge on any atom is -0.486 e. The van der Waals surface area contributed by atoms with Gasteiger partial charge >= 0.3 is 5.97 Å². The van der Waals surface area contributed by atoms with Crippen molar-refractivity contribution in [2.24, 2.45) is 5.92 Å². The maximum atomic E-state index is 13.3. The number of ether oxygens (including phenoxy) is 2. The first kappa shape index (κ1) is 12.8. The Morgan fingerprint density at radius 3 is 2.72 bits per heavy atom. The summed E-state index contributed by atoms with van der Waals surface area (Å²) in [6.07, 6.45) is 4.24. The zero-order chi connectivity index (χ0) is 13.0. The predicted octanol–water partition coefficient (Wildman–Crippen LogP) is 2.33. The van der Waals surface area contributed by atoms with E-state index < -0.39 is 5.95 Å². The van der Waals surface area contributed by atoms with Crippen molar-refractivity contribution >= 4 is 5.97 Å². The van der Waals surface area contributed by atoms with E-state index in [-0.39, 0.29) is 23.7 Å². The molecule has 5 heteroatoms. The fourth-order valence-corrected chi connectivity index (χ4v) is 2.22. The third-order valence-electron chi connectivity index (χ3n) is 3.23. The Hall–Kier alpha value is -1.65. The number of hydrogen-bond donors (Lipinski definition) is 0. The lowest BCUT2D eigenvalue weighted by Gasteiger charge is -2.27. The van der Waals surface area contributed by atoms with Crippen LogP contribution in [0.5, 0.6) is 5.75 Å². The first-order valence-electron chi connectivity index (χ1n) is 6.05. The number of halogens is 1. The molecular weight excluding hydrogens is 237 g/mol. The van der Waals surface area contributed by atoms with Crippen LogP contribution >= 0.6 is 0 Å². The highest BCUT2D eigenvalue weighted by molar-refractivity contribution is 5.72. The van der Waals surface area contributed by atoms with Gasteiger partial charge in [-0.1, -0.05) is 0 Å². The summed E-state index contributed by atoms with van der Waals surface area (Å²) < 4.78 is 23.6. The summed E-state index contributed by atoms with van der Waals surface area (Å²) in [5, 5.41) is 0. The summed E-state index contributed by atoms with van der Waals surface area (Å²) >= 11 is 0. The molecular formula is C13H16FNO3. The van der Waals surface area contributed by atoms with Crippen molar-refractivity contribution in [1.82, 2.24) is 4.98 Å². The van der Waals surface area contributed by atoms with Crippen molar-refractivity contribution in [1.29, 1.82) is 0 Å². The SMILES string of the molecule is COC(=O)[C@H]1CC[C@H](Oc2cccnc2F)CC1. The van der Waals surface area contributed by atoms with Gasteiger partial charge in [-0.15, -0.1) is 0 Å². The van der Waals surface area contributed by atoms with Crippen molar-refractivity contribution < 1.29 is 18.7 Å². The van der Waals surface area contributed by atoms with Crippen molar-refractivity contribution in [2.75, 3.05) is 7.11 Å². The normalized spacial score (nSPS) is 23.4. The van der Waals surface area contributed by atoms with Gasteiger partial charge in [0.15, 0.2) is 5.75 Å². The second-order valence-electron chi connectivity index (χ2n) is 4.41. The molecule has 0 atom stereocenters. The number of carbonyl (C=O) groups is 1. The summed E-state index contributed by atoms with van der Waals surface area (Å²) in [4.78, 5) is 14.9. The average Bonchev–Trinajstić information content (AvgIpc) is 2.41. The van der Waals surface area contributed by atoms with Crippen LogP contribution < -0.4 is 4.74 Å². The Morgan fingerprint density at radius 1 is 1.39 bits per heavy atom. The quantitative estimate of drug-likeness (QED) is 0.612. The van der Waals surface area contributed by atoms with E-state index in [9.17, 15) is 9.18 Å². The summed E-state index contributed by atoms with van der Waals surface area (Å²) in [5.41, 5.74) is 0. The van der Waals surface area contributed by atoms with Crippen molar-refractivity contribution in [2.45, 2.75) is 31.8 Å². The number of hydrogen-bond acceptors (Lipinski definition) is 4. The van der Waals surface area contributed by atoms with Crippen LogP contribution in [-0.4, -0.2) is 24.2 Å². The molecule has 0 unspecified atom stereocenters. The van der Waals surface area contributed by atoms with Crippen LogP contribution in [0.4, 0.5) is 4.39 Å². The summed E-state index contributed by atoms with van der Waals surface area (Å²) in [6.45, 7) is 0. The molecule has 0 amide bonds. The number of carbonyl (C=O) groups excluding carboxylic acids is 1. The molecule has 18 heavy (non-hydrogen) atoms. The highest BCUT2D eigenvalue weighted by Crippen LogP contribution is 2.28. The van der Waals surface area contributed by atoms with Gasteiger partial charge < -0.3 is 9.47 Å². The van der Waals surface area contributed by atoms with E-state index in [2.05, 4.69) is 4.98 Å². The van der Waals surface area contributed by atoms with Gasteiger partial charge in [0.25, 0.3) is 5.95 Å². The van der Waals surface area contributed by atoms with Gasteiger partial charge in [0.1, 0.15) is 0 Å². The number of methoxy groups -OCH3 is 1. The molecule has 0 radical (unpaired) electrons. The van der Waals surface area contributed by atoms with Gasteiger partial charge in [-0.05, 0) is 37.8 Å². The predicted molar refractivity (Wildman–Crippen MR) is 62.6 cm³/mol. The molecule has 0 saturated heterocycles. The molecule has 1 aliphatic carbocycles. The van der Waals surface area contributed by atoms with E-state index in [1.54, 1.807) is 12.1 Å². The van der Waals surface area contributed by atoms with Gasteiger partial charge in [-0.25, -0.2) is 4.98 Å². The third-order valence-corrected chi connectivity index (χ3v) is 3.23. The summed E-state index contributed by atoms with van der Waals surface area (Å²) in [5.74, 6) is -0.624. The zero-order valence-electron chi connectivity index (χ0n) is 10.3. The van der Waals surface area contributed by atoms with E-state index in [0.29, 0.717) is 0 Å². The van der Waals surface area contributed by atoms with E-state index in [1.807, 2.05) is 0 Å². The molecule has 1 saturated carbocycles. The van der Waals surface area contributed by atoms with Crippen LogP contribution in [-0.2, 0) is 9.53 Å². The molecule has 2 rings (SSSR count). The molecule has 98 valence electrons. The van der Waals surface area contributed by atoms with Crippen molar-refractivity contribution in [3.8, 4) is 5.75 Å². The second kappa shape index (κ2) is 5.80. The van der Waals surface area contributed by atoms with E-state index in [1.165, 1.54) is 13.3 Å². The van der Waals surface area contributed by atoms with Crippen LogP contribution in [0, 0.1) is 11.9 Å². The molecule has 0 bridgehead atoms. The number of aromatic nitrogens is 1. The Labute approximate surface area is 105 Å². The van der Waals surface area contributed by atoms with Crippen molar-refractivity contribution in [3.63, 3.8) is 0 Å². The number of pyridine rings is 1. The van der Waals surface area contributed by atoms with E-state index in [4.69, 9.17) is 9.47 Å². The Kier molecular flexibility index (Phi) is 4.12. The third kappa shape index (κ3) is 2.97. The van der Waals surface area contributed by atoms with Crippen LogP contribution in [0.2, 0.25) is 0 Å². The molecule has 1 heterocycles. The van der Waals surface area contributed by atoms with Crippen LogP contribution in [0.25, 0.3) is 0 Å². The maximum Gasteiger partial charge on any atom is 0.308 e.